The van der Waals surface area contributed by atoms with Crippen molar-refractivity contribution in [2.45, 2.75) is 68.9 Å². The number of benzene rings is 6. The second-order valence-electron chi connectivity index (χ2n) is 15.2. The van der Waals surface area contributed by atoms with Gasteiger partial charge in [-0.25, -0.2) is 0 Å². The van der Waals surface area contributed by atoms with Gasteiger partial charge in [0, 0.05) is 21.6 Å². The van der Waals surface area contributed by atoms with Crippen molar-refractivity contribution in [1.29, 1.82) is 0 Å². The Morgan fingerprint density at radius 2 is 1.06 bits per heavy atom. The molecule has 1 saturated heterocycles. The molecular formula is C50H45F3O8S2. The van der Waals surface area contributed by atoms with E-state index < -0.39 is 51.9 Å². The van der Waals surface area contributed by atoms with Crippen molar-refractivity contribution in [3.8, 4) is 5.75 Å². The number of halogens is 3. The second kappa shape index (κ2) is 20.4. The predicted molar refractivity (Wildman–Crippen MR) is 235 cm³/mol. The van der Waals surface area contributed by atoms with Crippen LogP contribution in [0.5, 0.6) is 5.75 Å². The molecule has 0 N–H and O–H groups in total. The van der Waals surface area contributed by atoms with Crippen LogP contribution in [0.25, 0.3) is 10.1 Å². The van der Waals surface area contributed by atoms with Gasteiger partial charge in [0.1, 0.15) is 36.3 Å². The number of thiophene rings is 1. The highest BCUT2D eigenvalue weighted by Gasteiger charge is 2.52. The van der Waals surface area contributed by atoms with E-state index in [4.69, 9.17) is 27.9 Å². The average molecular weight is 895 g/mol. The summed E-state index contributed by atoms with van der Waals surface area (Å²) in [7, 11) is -6.12. The van der Waals surface area contributed by atoms with E-state index in [-0.39, 0.29) is 38.6 Å². The molecule has 0 aliphatic carbocycles. The van der Waals surface area contributed by atoms with Crippen LogP contribution in [0.1, 0.15) is 44.4 Å². The molecule has 0 saturated carbocycles. The van der Waals surface area contributed by atoms with Gasteiger partial charge in [-0.15, -0.1) is 11.3 Å². The van der Waals surface area contributed by atoms with E-state index >= 15 is 0 Å². The highest BCUT2D eigenvalue weighted by Crippen LogP contribution is 2.43. The Morgan fingerprint density at radius 1 is 0.556 bits per heavy atom. The fourth-order valence-electron chi connectivity index (χ4n) is 7.54. The zero-order valence-corrected chi connectivity index (χ0v) is 35.6. The molecule has 1 fully saturated rings. The third-order valence-corrected chi connectivity index (χ3v) is 12.7. The molecule has 63 heavy (non-hydrogen) atoms. The molecule has 326 valence electrons. The van der Waals surface area contributed by atoms with Crippen LogP contribution in [0.2, 0.25) is 0 Å². The van der Waals surface area contributed by atoms with E-state index in [0.717, 1.165) is 37.2 Å². The minimum atomic E-state index is -6.12. The van der Waals surface area contributed by atoms with Gasteiger partial charge in [0.25, 0.3) is 0 Å². The zero-order chi connectivity index (χ0) is 43.7. The summed E-state index contributed by atoms with van der Waals surface area (Å²) in [5.74, 6) is -0.555. The van der Waals surface area contributed by atoms with E-state index in [1.165, 1.54) is 6.07 Å². The number of fused-ring (bicyclic) bond motifs is 1. The van der Waals surface area contributed by atoms with Crippen molar-refractivity contribution < 1.29 is 49.5 Å². The van der Waals surface area contributed by atoms with Gasteiger partial charge in [0.15, 0.2) is 0 Å². The fraction of sp³-hybridized carbons (Fsp3) is 0.240. The molecule has 0 spiro atoms. The maximum Gasteiger partial charge on any atom is 0.534 e. The monoisotopic (exact) mass is 894 g/mol. The molecule has 8 rings (SSSR count). The Hall–Kier alpha value is -5.38. The van der Waals surface area contributed by atoms with E-state index in [0.29, 0.717) is 12.0 Å². The average Bonchev–Trinajstić information content (AvgIpc) is 3.71. The summed E-state index contributed by atoms with van der Waals surface area (Å²) < 4.78 is 108. The molecule has 6 aromatic carbocycles. The molecule has 7 aromatic rings. The second-order valence-corrected chi connectivity index (χ2v) is 17.9. The summed E-state index contributed by atoms with van der Waals surface area (Å²) in [6.07, 6.45) is -4.65. The van der Waals surface area contributed by atoms with Crippen LogP contribution in [-0.4, -0.2) is 44.9 Å². The van der Waals surface area contributed by atoms with Crippen LogP contribution in [0, 0.1) is 0 Å². The number of hydrogen-bond donors (Lipinski definition) is 0. The molecule has 0 amide bonds. The lowest BCUT2D eigenvalue weighted by molar-refractivity contribution is -0.275. The van der Waals surface area contributed by atoms with Gasteiger partial charge in [-0.3, -0.25) is 0 Å². The van der Waals surface area contributed by atoms with Gasteiger partial charge in [-0.2, -0.15) is 21.6 Å². The first-order valence-corrected chi connectivity index (χ1v) is 22.7. The largest absolute Gasteiger partial charge is 0.534 e. The van der Waals surface area contributed by atoms with Crippen LogP contribution in [-0.2, 0) is 66.7 Å². The Bertz CT molecular complexity index is 2600. The molecule has 13 heteroatoms. The Kier molecular flexibility index (Phi) is 14.3. The lowest BCUT2D eigenvalue weighted by Crippen LogP contribution is -2.58. The summed E-state index contributed by atoms with van der Waals surface area (Å²) >= 11 is 1.59. The van der Waals surface area contributed by atoms with E-state index in [2.05, 4.69) is 6.07 Å². The number of rotatable bonds is 18. The normalized spacial score (nSPS) is 19.3. The first-order valence-electron chi connectivity index (χ1n) is 20.4. The lowest BCUT2D eigenvalue weighted by atomic mass is 9.89. The fourth-order valence-corrected chi connectivity index (χ4v) is 9.12. The topological polar surface area (TPSA) is 89.5 Å². The SMILES string of the molecule is O=S(=O)(Oc1ccc(Cc2cc3ccccc3s2)cc1[C@@H]1O[C@H](COCc2ccccc2)[C@@H](OCc2ccccc2)[C@H](OCc2ccccc2)[C@H]1OCc1ccccc1)C(F)(F)F. The van der Waals surface area contributed by atoms with Crippen molar-refractivity contribution in [3.05, 3.63) is 208 Å². The number of ether oxygens (including phenoxy) is 5. The number of hydrogen-bond acceptors (Lipinski definition) is 9. The molecule has 8 nitrogen and oxygen atoms in total. The molecule has 5 atom stereocenters. The van der Waals surface area contributed by atoms with Crippen LogP contribution in [0.4, 0.5) is 13.2 Å². The van der Waals surface area contributed by atoms with Gasteiger partial charge in [0.2, 0.25) is 0 Å². The lowest BCUT2D eigenvalue weighted by Gasteiger charge is -2.46. The van der Waals surface area contributed by atoms with Crippen LogP contribution >= 0.6 is 11.3 Å². The summed E-state index contributed by atoms with van der Waals surface area (Å²) in [6.45, 7) is 0.525. The summed E-state index contributed by atoms with van der Waals surface area (Å²) in [5, 5.41) is 1.05. The van der Waals surface area contributed by atoms with E-state index in [9.17, 15) is 21.6 Å². The molecule has 0 radical (unpaired) electrons. The standard InChI is InChI=1S/C50H45F3O8S2/c51-50(52,53)63(54,55)61-43-26-25-39(27-41-29-40-23-13-14-24-45(40)62-41)28-42(43)46-48(58-32-37-19-9-3-10-20-37)49(59-33-38-21-11-4-12-22-38)47(57-31-36-17-7-2-8-18-36)44(60-46)34-56-30-35-15-5-1-6-16-35/h1-26,28-29,44,46-49H,27,30-34H2/t44-,46+,47-,48+,49+/m1/s1. The quantitative estimate of drug-likeness (QED) is 0.0622. The van der Waals surface area contributed by atoms with Gasteiger partial charge < -0.3 is 27.9 Å². The van der Waals surface area contributed by atoms with Gasteiger partial charge in [-0.1, -0.05) is 146 Å². The molecule has 0 unspecified atom stereocenters. The smallest absolute Gasteiger partial charge is 0.376 e. The Balaban J connectivity index is 1.24. The summed E-state index contributed by atoms with van der Waals surface area (Å²) in [5.41, 5.74) is -1.54. The van der Waals surface area contributed by atoms with E-state index in [1.54, 1.807) is 23.5 Å². The van der Waals surface area contributed by atoms with Gasteiger partial charge in [-0.05, 0) is 57.5 Å². The summed E-state index contributed by atoms with van der Waals surface area (Å²) in [6, 6.07) is 52.5. The minimum Gasteiger partial charge on any atom is -0.376 e. The van der Waals surface area contributed by atoms with Crippen LogP contribution in [0.3, 0.4) is 0 Å². The van der Waals surface area contributed by atoms with Crippen LogP contribution in [0.15, 0.2) is 170 Å². The maximum atomic E-state index is 14.1. The molecule has 2 heterocycles. The third kappa shape index (κ3) is 11.4. The molecule has 1 aromatic heterocycles. The minimum absolute atomic E-state index is 0.0278. The van der Waals surface area contributed by atoms with Crippen LogP contribution < -0.4 is 4.18 Å². The van der Waals surface area contributed by atoms with E-state index in [1.807, 2.05) is 146 Å². The molecule has 0 bridgehead atoms. The first kappa shape index (κ1) is 44.2. The van der Waals surface area contributed by atoms with Crippen molar-refractivity contribution in [3.63, 3.8) is 0 Å². The highest BCUT2D eigenvalue weighted by atomic mass is 32.2. The molecular weight excluding hydrogens is 850 g/mol. The Labute approximate surface area is 368 Å². The van der Waals surface area contributed by atoms with Gasteiger partial charge >= 0.3 is 15.6 Å². The molecule has 1 aliphatic rings. The van der Waals surface area contributed by atoms with Crippen molar-refractivity contribution in [2.75, 3.05) is 6.61 Å². The van der Waals surface area contributed by atoms with Gasteiger partial charge in [0.05, 0.1) is 33.0 Å². The number of alkyl halides is 3. The summed E-state index contributed by atoms with van der Waals surface area (Å²) in [4.78, 5) is 0.991. The van der Waals surface area contributed by atoms with Crippen molar-refractivity contribution >= 4 is 31.5 Å². The Morgan fingerprint density at radius 3 is 1.62 bits per heavy atom. The van der Waals surface area contributed by atoms with Crippen molar-refractivity contribution in [2.24, 2.45) is 0 Å². The maximum absolute atomic E-state index is 14.1. The zero-order valence-electron chi connectivity index (χ0n) is 34.0. The predicted octanol–water partition coefficient (Wildman–Crippen LogP) is 11.1. The highest BCUT2D eigenvalue weighted by molar-refractivity contribution is 7.88. The third-order valence-electron chi connectivity index (χ3n) is 10.6. The van der Waals surface area contributed by atoms with Crippen molar-refractivity contribution in [1.82, 2.24) is 0 Å². The molecule has 1 aliphatic heterocycles. The first-order chi connectivity index (χ1) is 30.6.